The first-order chi connectivity index (χ1) is 21.4. The van der Waals surface area contributed by atoms with Gasteiger partial charge in [-0.2, -0.15) is 0 Å². The summed E-state index contributed by atoms with van der Waals surface area (Å²) in [5.74, 6) is 0.695. The number of nitrogens with zero attached hydrogens (tertiary/aromatic N) is 1. The average Bonchev–Trinajstić information content (AvgIpc) is 2.96. The van der Waals surface area contributed by atoms with Crippen LogP contribution in [-0.2, 0) is 16.2 Å². The molecule has 1 saturated carbocycles. The lowest BCUT2D eigenvalue weighted by atomic mass is 9.63. The molecule has 0 saturated heterocycles. The van der Waals surface area contributed by atoms with Crippen molar-refractivity contribution >= 4 is 34.8 Å². The van der Waals surface area contributed by atoms with Crippen molar-refractivity contribution < 1.29 is 19.1 Å². The van der Waals surface area contributed by atoms with Gasteiger partial charge in [0.2, 0.25) is 0 Å². The lowest BCUT2D eigenvalue weighted by Gasteiger charge is -2.52. The van der Waals surface area contributed by atoms with Crippen molar-refractivity contribution in [1.29, 1.82) is 0 Å². The molecule has 3 aliphatic carbocycles. The smallest absolute Gasteiger partial charge is 0.180 e. The van der Waals surface area contributed by atoms with Crippen LogP contribution < -0.4 is 9.47 Å². The molecule has 1 aliphatic heterocycles. The van der Waals surface area contributed by atoms with Crippen LogP contribution in [0.3, 0.4) is 0 Å². The van der Waals surface area contributed by atoms with Gasteiger partial charge in [0.1, 0.15) is 6.61 Å². The molecule has 2 aromatic carbocycles. The molecule has 2 aromatic rings. The first kappa shape index (κ1) is 32.2. The zero-order chi connectivity index (χ0) is 32.1. The second kappa shape index (κ2) is 12.4. The second-order valence-corrected chi connectivity index (χ2v) is 15.7. The molecule has 5 nitrogen and oxygen atoms in total. The van der Waals surface area contributed by atoms with E-state index < -0.39 is 5.92 Å². The lowest BCUT2D eigenvalue weighted by Crippen LogP contribution is -2.48. The highest BCUT2D eigenvalue weighted by Crippen LogP contribution is 2.56. The Morgan fingerprint density at radius 1 is 0.800 bits per heavy atom. The van der Waals surface area contributed by atoms with Crippen molar-refractivity contribution in [3.63, 3.8) is 0 Å². The monoisotopic (exact) mass is 649 g/mol. The molecule has 240 valence electrons. The SMILES string of the molecule is CCOc1cc(C2C3=C(CC(C)(C)CC3=O)N(C3CCCCC3)C3=C2C(=O)CC(C)(C)C3)cc(Cl)c1OCc1ccccc1Cl. The number of hydrogen-bond acceptors (Lipinski definition) is 5. The maximum absolute atomic E-state index is 14.3. The number of ketones is 2. The normalized spacial score (nSPS) is 22.0. The summed E-state index contributed by atoms with van der Waals surface area (Å²) >= 11 is 13.4. The molecular formula is C38H45Cl2NO4. The molecule has 0 N–H and O–H groups in total. The van der Waals surface area contributed by atoms with Gasteiger partial charge in [-0.25, -0.2) is 0 Å². The lowest BCUT2D eigenvalue weighted by molar-refractivity contribution is -0.119. The van der Waals surface area contributed by atoms with Crippen LogP contribution in [0.4, 0.5) is 0 Å². The Bertz CT molecular complexity index is 1530. The molecule has 4 aliphatic rings. The number of ether oxygens (including phenoxy) is 2. The summed E-state index contributed by atoms with van der Waals surface area (Å²) in [7, 11) is 0. The van der Waals surface area contributed by atoms with Crippen LogP contribution in [0, 0.1) is 10.8 Å². The Balaban J connectivity index is 1.52. The fourth-order valence-electron chi connectivity index (χ4n) is 8.03. The molecule has 1 fully saturated rings. The number of halogens is 2. The van der Waals surface area contributed by atoms with E-state index in [2.05, 4.69) is 32.6 Å². The molecule has 45 heavy (non-hydrogen) atoms. The Labute approximate surface area is 277 Å². The predicted molar refractivity (Wildman–Crippen MR) is 180 cm³/mol. The van der Waals surface area contributed by atoms with Crippen LogP contribution in [0.25, 0.3) is 0 Å². The van der Waals surface area contributed by atoms with Crippen molar-refractivity contribution in [2.45, 2.75) is 111 Å². The van der Waals surface area contributed by atoms with E-state index >= 15 is 0 Å². The zero-order valence-electron chi connectivity index (χ0n) is 27.2. The van der Waals surface area contributed by atoms with Gasteiger partial charge < -0.3 is 14.4 Å². The summed E-state index contributed by atoms with van der Waals surface area (Å²) in [5.41, 5.74) is 5.10. The summed E-state index contributed by atoms with van der Waals surface area (Å²) in [5, 5.41) is 0.999. The minimum atomic E-state index is -0.489. The van der Waals surface area contributed by atoms with Gasteiger partial charge in [-0.3, -0.25) is 9.59 Å². The molecule has 0 unspecified atom stereocenters. The van der Waals surface area contributed by atoms with Gasteiger partial charge in [0.25, 0.3) is 0 Å². The molecule has 6 rings (SSSR count). The second-order valence-electron chi connectivity index (χ2n) is 14.8. The molecule has 0 radical (unpaired) electrons. The number of hydrogen-bond donors (Lipinski definition) is 0. The third-order valence-electron chi connectivity index (χ3n) is 9.89. The number of benzene rings is 2. The molecule has 0 bridgehead atoms. The van der Waals surface area contributed by atoms with E-state index in [0.717, 1.165) is 59.4 Å². The number of carbonyl (C=O) groups excluding carboxylic acids is 2. The zero-order valence-corrected chi connectivity index (χ0v) is 28.7. The Hall–Kier alpha value is -2.76. The van der Waals surface area contributed by atoms with Crippen molar-refractivity contribution in [2.24, 2.45) is 10.8 Å². The summed E-state index contributed by atoms with van der Waals surface area (Å²) in [6.07, 6.45) is 8.26. The van der Waals surface area contributed by atoms with Crippen molar-refractivity contribution in [3.8, 4) is 11.5 Å². The van der Waals surface area contributed by atoms with E-state index in [9.17, 15) is 9.59 Å². The number of Topliss-reactive ketones (excluding diaryl/α,β-unsaturated/α-hetero) is 2. The van der Waals surface area contributed by atoms with E-state index in [1.807, 2.05) is 43.3 Å². The van der Waals surface area contributed by atoms with Crippen molar-refractivity contribution in [1.82, 2.24) is 4.90 Å². The largest absolute Gasteiger partial charge is 0.490 e. The van der Waals surface area contributed by atoms with Crippen molar-refractivity contribution in [3.05, 3.63) is 80.1 Å². The molecule has 0 atom stereocenters. The predicted octanol–water partition coefficient (Wildman–Crippen LogP) is 9.99. The van der Waals surface area contributed by atoms with Crippen LogP contribution in [0.1, 0.15) is 109 Å². The van der Waals surface area contributed by atoms with E-state index in [4.69, 9.17) is 32.7 Å². The van der Waals surface area contributed by atoms with Crippen LogP contribution in [-0.4, -0.2) is 29.1 Å². The van der Waals surface area contributed by atoms with Crippen molar-refractivity contribution in [2.75, 3.05) is 6.61 Å². The van der Waals surface area contributed by atoms with Gasteiger partial charge in [0, 0.05) is 57.9 Å². The van der Waals surface area contributed by atoms with Crippen LogP contribution >= 0.6 is 23.2 Å². The highest BCUT2D eigenvalue weighted by Gasteiger charge is 2.50. The Morgan fingerprint density at radius 3 is 1.98 bits per heavy atom. The van der Waals surface area contributed by atoms with Crippen LogP contribution in [0.2, 0.25) is 10.0 Å². The van der Waals surface area contributed by atoms with Gasteiger partial charge in [-0.15, -0.1) is 0 Å². The quantitative estimate of drug-likeness (QED) is 0.299. The topological polar surface area (TPSA) is 55.8 Å². The highest BCUT2D eigenvalue weighted by atomic mass is 35.5. The molecular weight excluding hydrogens is 605 g/mol. The average molecular weight is 651 g/mol. The maximum atomic E-state index is 14.3. The summed E-state index contributed by atoms with van der Waals surface area (Å²) in [6, 6.07) is 11.7. The highest BCUT2D eigenvalue weighted by molar-refractivity contribution is 6.32. The molecule has 0 spiro atoms. The third-order valence-corrected chi connectivity index (χ3v) is 10.5. The van der Waals surface area contributed by atoms with E-state index in [1.54, 1.807) is 0 Å². The van der Waals surface area contributed by atoms with Gasteiger partial charge in [-0.1, -0.05) is 88.4 Å². The Kier molecular flexibility index (Phi) is 8.91. The first-order valence-electron chi connectivity index (χ1n) is 16.5. The number of carbonyl (C=O) groups is 2. The minimum absolute atomic E-state index is 0.129. The standard InChI is InChI=1S/C38H45Cl2NO4/c1-6-44-32-17-24(16-27(40)36(32)45-22-23-12-10-11-15-26(23)39)33-34-28(18-37(2,3)20-30(34)42)41(25-13-8-7-9-14-25)29-19-38(4,5)21-31(43)35(29)33/h10-12,15-17,25,33H,6-9,13-14,18-22H2,1-5H3. The summed E-state index contributed by atoms with van der Waals surface area (Å²) in [4.78, 5) is 31.1. The Morgan fingerprint density at radius 2 is 1.40 bits per heavy atom. The van der Waals surface area contributed by atoms with Gasteiger partial charge in [0.15, 0.2) is 23.1 Å². The molecule has 0 amide bonds. The third kappa shape index (κ3) is 6.32. The first-order valence-corrected chi connectivity index (χ1v) is 17.3. The number of rotatable bonds is 7. The van der Waals surface area contributed by atoms with Crippen LogP contribution in [0.15, 0.2) is 58.9 Å². The fraction of sp³-hybridized carbons (Fsp3) is 0.526. The van der Waals surface area contributed by atoms with E-state index in [-0.39, 0.29) is 29.0 Å². The van der Waals surface area contributed by atoms with Crippen LogP contribution in [0.5, 0.6) is 11.5 Å². The van der Waals surface area contributed by atoms with Gasteiger partial charge >= 0.3 is 0 Å². The minimum Gasteiger partial charge on any atom is -0.490 e. The molecule has 1 heterocycles. The molecule has 7 heteroatoms. The van der Waals surface area contributed by atoms with E-state index in [0.29, 0.717) is 47.0 Å². The fourth-order valence-corrected chi connectivity index (χ4v) is 8.50. The molecule has 0 aromatic heterocycles. The summed E-state index contributed by atoms with van der Waals surface area (Å²) < 4.78 is 12.4. The van der Waals surface area contributed by atoms with Gasteiger partial charge in [-0.05, 0) is 67.2 Å². The number of allylic oxidation sites excluding steroid dienone is 4. The summed E-state index contributed by atoms with van der Waals surface area (Å²) in [6.45, 7) is 11.3. The maximum Gasteiger partial charge on any atom is 0.180 e. The van der Waals surface area contributed by atoms with Gasteiger partial charge in [0.05, 0.1) is 11.6 Å². The van der Waals surface area contributed by atoms with E-state index in [1.165, 1.54) is 19.3 Å².